The van der Waals surface area contributed by atoms with Crippen molar-refractivity contribution < 1.29 is 14.3 Å². The summed E-state index contributed by atoms with van der Waals surface area (Å²) in [6.45, 7) is 5.76. The van der Waals surface area contributed by atoms with Crippen LogP contribution >= 0.6 is 0 Å². The Kier molecular flexibility index (Phi) is 5.48. The fourth-order valence-electron chi connectivity index (χ4n) is 4.30. The van der Waals surface area contributed by atoms with Gasteiger partial charge in [0.1, 0.15) is 5.56 Å². The Labute approximate surface area is 186 Å². The third kappa shape index (κ3) is 3.91. The molecule has 166 valence electrons. The molecule has 0 saturated carbocycles. The van der Waals surface area contributed by atoms with Gasteiger partial charge in [-0.15, -0.1) is 0 Å². The van der Waals surface area contributed by atoms with Gasteiger partial charge in [0, 0.05) is 50.8 Å². The zero-order valence-corrected chi connectivity index (χ0v) is 18.1. The van der Waals surface area contributed by atoms with E-state index in [2.05, 4.69) is 27.1 Å². The Morgan fingerprint density at radius 1 is 1.00 bits per heavy atom. The number of morpholine rings is 1. The van der Waals surface area contributed by atoms with Crippen LogP contribution < -0.4 is 4.90 Å². The average molecular weight is 435 g/mol. The van der Waals surface area contributed by atoms with E-state index in [-0.39, 0.29) is 18.4 Å². The lowest BCUT2D eigenvalue weighted by molar-refractivity contribution is -0.148. The molecule has 0 spiro atoms. The number of piperazine rings is 1. The SMILES string of the molecule is Cc1cnc2c(C(=O)N3CCOC(C(=O)N4CCN(c5ccccc5)CC4)C3)cnn2c1. The van der Waals surface area contributed by atoms with Gasteiger partial charge in [0.05, 0.1) is 19.3 Å². The standard InChI is InChI=1S/C23H26N6O3/c1-17-13-24-21-19(14-25-29(21)15-17)22(30)28-11-12-32-20(16-28)23(31)27-9-7-26(8-10-27)18-5-3-2-4-6-18/h2-6,13-15,20H,7-12,16H2,1H3. The van der Waals surface area contributed by atoms with E-state index in [9.17, 15) is 9.59 Å². The van der Waals surface area contributed by atoms with E-state index < -0.39 is 6.10 Å². The number of carbonyl (C=O) groups is 2. The molecule has 2 saturated heterocycles. The Balaban J connectivity index is 1.23. The van der Waals surface area contributed by atoms with Crippen LogP contribution in [0.3, 0.4) is 0 Å². The molecular formula is C23H26N6O3. The second-order valence-corrected chi connectivity index (χ2v) is 8.22. The Bertz CT molecular complexity index is 1120. The van der Waals surface area contributed by atoms with Gasteiger partial charge in [0.15, 0.2) is 11.8 Å². The number of para-hydroxylation sites is 1. The number of hydrogen-bond donors (Lipinski definition) is 0. The number of aryl methyl sites for hydroxylation is 1. The van der Waals surface area contributed by atoms with E-state index in [1.807, 2.05) is 36.2 Å². The molecule has 5 rings (SSSR count). The minimum absolute atomic E-state index is 0.0520. The molecule has 3 aromatic rings. The first-order chi connectivity index (χ1) is 15.6. The molecule has 0 N–H and O–H groups in total. The highest BCUT2D eigenvalue weighted by Crippen LogP contribution is 2.19. The first-order valence-corrected chi connectivity index (χ1v) is 10.9. The minimum Gasteiger partial charge on any atom is -0.368 e. The van der Waals surface area contributed by atoms with E-state index in [4.69, 9.17) is 4.74 Å². The summed E-state index contributed by atoms with van der Waals surface area (Å²) >= 11 is 0. The maximum atomic E-state index is 13.1. The van der Waals surface area contributed by atoms with Crippen LogP contribution in [-0.2, 0) is 9.53 Å². The number of fused-ring (bicyclic) bond motifs is 1. The second-order valence-electron chi connectivity index (χ2n) is 8.22. The van der Waals surface area contributed by atoms with E-state index in [0.717, 1.165) is 18.7 Å². The van der Waals surface area contributed by atoms with Crippen molar-refractivity contribution in [3.8, 4) is 0 Å². The van der Waals surface area contributed by atoms with Crippen molar-refractivity contribution in [2.45, 2.75) is 13.0 Å². The molecule has 32 heavy (non-hydrogen) atoms. The third-order valence-electron chi connectivity index (χ3n) is 6.06. The van der Waals surface area contributed by atoms with Crippen molar-refractivity contribution in [3.63, 3.8) is 0 Å². The predicted molar refractivity (Wildman–Crippen MR) is 119 cm³/mol. The summed E-state index contributed by atoms with van der Waals surface area (Å²) in [6.07, 6.45) is 4.45. The number of benzene rings is 1. The van der Waals surface area contributed by atoms with Gasteiger partial charge in [-0.05, 0) is 24.6 Å². The van der Waals surface area contributed by atoms with Crippen molar-refractivity contribution >= 4 is 23.1 Å². The van der Waals surface area contributed by atoms with Crippen molar-refractivity contribution in [1.82, 2.24) is 24.4 Å². The van der Waals surface area contributed by atoms with Crippen molar-refractivity contribution in [2.75, 3.05) is 50.8 Å². The molecule has 2 fully saturated rings. The lowest BCUT2D eigenvalue weighted by Gasteiger charge is -2.39. The monoisotopic (exact) mass is 434 g/mol. The van der Waals surface area contributed by atoms with Crippen molar-refractivity contribution in [3.05, 3.63) is 60.0 Å². The highest BCUT2D eigenvalue weighted by atomic mass is 16.5. The van der Waals surface area contributed by atoms with E-state index in [1.165, 1.54) is 5.69 Å². The maximum absolute atomic E-state index is 13.1. The number of ether oxygens (including phenoxy) is 1. The Hall–Kier alpha value is -3.46. The predicted octanol–water partition coefficient (Wildman–Crippen LogP) is 1.23. The van der Waals surface area contributed by atoms with Crippen LogP contribution in [0.1, 0.15) is 15.9 Å². The summed E-state index contributed by atoms with van der Waals surface area (Å²) in [5.74, 6) is -0.227. The molecular weight excluding hydrogens is 408 g/mol. The zero-order valence-electron chi connectivity index (χ0n) is 18.1. The number of amides is 2. The normalized spacial score (nSPS) is 19.4. The summed E-state index contributed by atoms with van der Waals surface area (Å²) < 4.78 is 7.38. The first kappa shape index (κ1) is 20.4. The van der Waals surface area contributed by atoms with Crippen LogP contribution in [0.5, 0.6) is 0 Å². The summed E-state index contributed by atoms with van der Waals surface area (Å²) in [6, 6.07) is 10.2. The number of rotatable bonds is 3. The molecule has 2 aromatic heterocycles. The molecule has 2 aliphatic rings. The fourth-order valence-corrected chi connectivity index (χ4v) is 4.30. The van der Waals surface area contributed by atoms with Gasteiger partial charge in [0.2, 0.25) is 0 Å². The molecule has 9 heteroatoms. The van der Waals surface area contributed by atoms with Gasteiger partial charge < -0.3 is 19.4 Å². The number of nitrogens with zero attached hydrogens (tertiary/aromatic N) is 6. The van der Waals surface area contributed by atoms with Crippen LogP contribution in [0.15, 0.2) is 48.9 Å². The molecule has 4 heterocycles. The average Bonchev–Trinajstić information content (AvgIpc) is 3.27. The Morgan fingerprint density at radius 3 is 2.56 bits per heavy atom. The van der Waals surface area contributed by atoms with Crippen LogP contribution in [0.25, 0.3) is 5.65 Å². The molecule has 2 aliphatic heterocycles. The second kappa shape index (κ2) is 8.58. The van der Waals surface area contributed by atoms with E-state index in [0.29, 0.717) is 37.5 Å². The zero-order chi connectivity index (χ0) is 22.1. The van der Waals surface area contributed by atoms with Gasteiger partial charge in [-0.1, -0.05) is 18.2 Å². The maximum Gasteiger partial charge on any atom is 0.259 e. The number of anilines is 1. The van der Waals surface area contributed by atoms with Gasteiger partial charge in [-0.25, -0.2) is 9.50 Å². The molecule has 2 amide bonds. The lowest BCUT2D eigenvalue weighted by atomic mass is 10.2. The molecule has 0 radical (unpaired) electrons. The molecule has 1 unspecified atom stereocenters. The third-order valence-corrected chi connectivity index (χ3v) is 6.06. The van der Waals surface area contributed by atoms with E-state index in [1.54, 1.807) is 21.8 Å². The van der Waals surface area contributed by atoms with Crippen molar-refractivity contribution in [1.29, 1.82) is 0 Å². The van der Waals surface area contributed by atoms with Gasteiger partial charge in [0.25, 0.3) is 11.8 Å². The van der Waals surface area contributed by atoms with Gasteiger partial charge in [-0.2, -0.15) is 5.10 Å². The topological polar surface area (TPSA) is 83.3 Å². The number of carbonyl (C=O) groups excluding carboxylic acids is 2. The van der Waals surface area contributed by atoms with Crippen LogP contribution in [-0.4, -0.2) is 88.2 Å². The van der Waals surface area contributed by atoms with Crippen LogP contribution in [0.4, 0.5) is 5.69 Å². The van der Waals surface area contributed by atoms with Gasteiger partial charge >= 0.3 is 0 Å². The number of hydrogen-bond acceptors (Lipinski definition) is 6. The number of aromatic nitrogens is 3. The minimum atomic E-state index is -0.645. The van der Waals surface area contributed by atoms with Crippen molar-refractivity contribution in [2.24, 2.45) is 0 Å². The molecule has 1 atom stereocenters. The molecule has 0 aliphatic carbocycles. The highest BCUT2D eigenvalue weighted by molar-refractivity contribution is 6.00. The molecule has 1 aromatic carbocycles. The summed E-state index contributed by atoms with van der Waals surface area (Å²) in [4.78, 5) is 36.4. The summed E-state index contributed by atoms with van der Waals surface area (Å²) in [7, 11) is 0. The summed E-state index contributed by atoms with van der Waals surface area (Å²) in [5.41, 5.74) is 3.09. The first-order valence-electron chi connectivity index (χ1n) is 10.9. The highest BCUT2D eigenvalue weighted by Gasteiger charge is 2.34. The summed E-state index contributed by atoms with van der Waals surface area (Å²) in [5, 5.41) is 4.25. The van der Waals surface area contributed by atoms with Crippen LogP contribution in [0, 0.1) is 6.92 Å². The quantitative estimate of drug-likeness (QED) is 0.617. The van der Waals surface area contributed by atoms with Gasteiger partial charge in [-0.3, -0.25) is 9.59 Å². The molecule has 0 bridgehead atoms. The fraction of sp³-hybridized carbons (Fsp3) is 0.391. The molecule has 9 nitrogen and oxygen atoms in total. The Morgan fingerprint density at radius 2 is 1.78 bits per heavy atom. The van der Waals surface area contributed by atoms with E-state index >= 15 is 0 Å². The largest absolute Gasteiger partial charge is 0.368 e. The van der Waals surface area contributed by atoms with Crippen LogP contribution in [0.2, 0.25) is 0 Å². The smallest absolute Gasteiger partial charge is 0.259 e. The lowest BCUT2D eigenvalue weighted by Crippen LogP contribution is -2.56.